The molecule has 0 saturated heterocycles. The molecule has 0 atom stereocenters. The summed E-state index contributed by atoms with van der Waals surface area (Å²) in [5.74, 6) is 3.77. The summed E-state index contributed by atoms with van der Waals surface area (Å²) < 4.78 is 18.7. The van der Waals surface area contributed by atoms with Crippen molar-refractivity contribution in [2.24, 2.45) is 0 Å². The molecule has 0 saturated carbocycles. The fraction of sp³-hybridized carbons (Fsp3) is 0.235. The quantitative estimate of drug-likeness (QED) is 0.443. The number of ether oxygens (including phenoxy) is 1. The van der Waals surface area contributed by atoms with Gasteiger partial charge in [-0.1, -0.05) is 11.8 Å². The van der Waals surface area contributed by atoms with E-state index in [0.29, 0.717) is 29.9 Å². The molecule has 0 aliphatic carbocycles. The van der Waals surface area contributed by atoms with Gasteiger partial charge in [0.15, 0.2) is 10.1 Å². The Morgan fingerprint density at radius 3 is 2.88 bits per heavy atom. The van der Waals surface area contributed by atoms with Crippen molar-refractivity contribution in [1.29, 1.82) is 0 Å². The van der Waals surface area contributed by atoms with Crippen LogP contribution in [0.1, 0.15) is 18.6 Å². The molecule has 0 radical (unpaired) electrons. The topological polar surface area (TPSA) is 74.2 Å². The highest BCUT2D eigenvalue weighted by molar-refractivity contribution is 8.00. The molecular formula is C17H15N3O3S2. The lowest BCUT2D eigenvalue weighted by Gasteiger charge is -2.00. The van der Waals surface area contributed by atoms with Crippen LogP contribution < -0.4 is 4.74 Å². The molecule has 0 spiro atoms. The van der Waals surface area contributed by atoms with Gasteiger partial charge in [0.1, 0.15) is 11.5 Å². The minimum Gasteiger partial charge on any atom is -0.494 e. The maximum Gasteiger partial charge on any atom is 0.283 e. The maximum atomic E-state index is 5.65. The molecule has 4 aromatic rings. The van der Waals surface area contributed by atoms with Gasteiger partial charge in [0.25, 0.3) is 5.89 Å². The van der Waals surface area contributed by atoms with Crippen LogP contribution in [-0.2, 0) is 5.75 Å². The minimum atomic E-state index is 0.398. The second kappa shape index (κ2) is 6.89. The van der Waals surface area contributed by atoms with Crippen LogP contribution >= 0.6 is 23.1 Å². The molecule has 0 fully saturated rings. The molecule has 0 unspecified atom stereocenters. The standard InChI is InChI=1S/C17H15N3O3S2/c1-3-21-11-5-6-12-14(8-11)25-17(18-12)24-9-15-19-20-16(23-15)13-7-4-10(2)22-13/h4-8H,3,9H2,1-2H3. The Morgan fingerprint density at radius 1 is 1.16 bits per heavy atom. The highest BCUT2D eigenvalue weighted by atomic mass is 32.2. The predicted octanol–water partition coefficient (Wildman–Crippen LogP) is 4.94. The number of aryl methyl sites for hydroxylation is 1. The molecule has 0 aliphatic heterocycles. The molecule has 0 bridgehead atoms. The average molecular weight is 373 g/mol. The van der Waals surface area contributed by atoms with Gasteiger partial charge in [0.05, 0.1) is 22.6 Å². The normalized spacial score (nSPS) is 11.3. The number of fused-ring (bicyclic) bond motifs is 1. The first-order valence-electron chi connectivity index (χ1n) is 7.76. The van der Waals surface area contributed by atoms with Crippen LogP contribution in [0.4, 0.5) is 0 Å². The van der Waals surface area contributed by atoms with Crippen molar-refractivity contribution in [2.45, 2.75) is 23.9 Å². The van der Waals surface area contributed by atoms with Crippen LogP contribution in [0.15, 0.2) is 43.5 Å². The van der Waals surface area contributed by atoms with Crippen molar-refractivity contribution in [3.63, 3.8) is 0 Å². The summed E-state index contributed by atoms with van der Waals surface area (Å²) in [5.41, 5.74) is 0.966. The first-order chi connectivity index (χ1) is 12.2. The molecule has 3 aromatic heterocycles. The van der Waals surface area contributed by atoms with Gasteiger partial charge < -0.3 is 13.6 Å². The smallest absolute Gasteiger partial charge is 0.283 e. The molecule has 4 rings (SSSR count). The minimum absolute atomic E-state index is 0.398. The third kappa shape index (κ3) is 3.54. The molecule has 3 heterocycles. The summed E-state index contributed by atoms with van der Waals surface area (Å²) in [7, 11) is 0. The highest BCUT2D eigenvalue weighted by Crippen LogP contribution is 2.33. The first kappa shape index (κ1) is 16.2. The van der Waals surface area contributed by atoms with Gasteiger partial charge in [0, 0.05) is 0 Å². The number of furan rings is 1. The van der Waals surface area contributed by atoms with E-state index >= 15 is 0 Å². The number of hydrogen-bond donors (Lipinski definition) is 0. The Labute approximate surface area is 152 Å². The fourth-order valence-electron chi connectivity index (χ4n) is 2.29. The number of nitrogens with zero attached hydrogens (tertiary/aromatic N) is 3. The summed E-state index contributed by atoms with van der Waals surface area (Å²) in [6.45, 7) is 4.50. The Morgan fingerprint density at radius 2 is 2.08 bits per heavy atom. The zero-order valence-electron chi connectivity index (χ0n) is 13.7. The molecule has 1 aromatic carbocycles. The molecule has 128 valence electrons. The molecule has 0 aliphatic rings. The Hall–Kier alpha value is -2.32. The zero-order chi connectivity index (χ0) is 17.2. The summed E-state index contributed by atoms with van der Waals surface area (Å²) in [6.07, 6.45) is 0. The largest absolute Gasteiger partial charge is 0.494 e. The summed E-state index contributed by atoms with van der Waals surface area (Å²) in [6, 6.07) is 9.63. The molecule has 6 nitrogen and oxygen atoms in total. The van der Waals surface area contributed by atoms with Crippen LogP contribution in [0.5, 0.6) is 5.75 Å². The van der Waals surface area contributed by atoms with E-state index in [-0.39, 0.29) is 0 Å². The predicted molar refractivity (Wildman–Crippen MR) is 97.1 cm³/mol. The Bertz CT molecular complexity index is 1010. The van der Waals surface area contributed by atoms with Crippen LogP contribution in [0.2, 0.25) is 0 Å². The van der Waals surface area contributed by atoms with E-state index < -0.39 is 0 Å². The number of rotatable bonds is 6. The molecule has 25 heavy (non-hydrogen) atoms. The van der Waals surface area contributed by atoms with Crippen molar-refractivity contribution in [2.75, 3.05) is 6.61 Å². The van der Waals surface area contributed by atoms with E-state index in [1.54, 1.807) is 23.1 Å². The number of hydrogen-bond acceptors (Lipinski definition) is 8. The molecular weight excluding hydrogens is 358 g/mol. The van der Waals surface area contributed by atoms with Crippen molar-refractivity contribution < 1.29 is 13.6 Å². The third-order valence-corrected chi connectivity index (χ3v) is 5.53. The second-order valence-corrected chi connectivity index (χ2v) is 7.50. The molecule has 8 heteroatoms. The van der Waals surface area contributed by atoms with Crippen LogP contribution in [0.25, 0.3) is 21.9 Å². The number of aromatic nitrogens is 3. The van der Waals surface area contributed by atoms with Crippen LogP contribution in [0.3, 0.4) is 0 Å². The van der Waals surface area contributed by atoms with E-state index in [9.17, 15) is 0 Å². The first-order valence-corrected chi connectivity index (χ1v) is 9.57. The lowest BCUT2D eigenvalue weighted by atomic mass is 10.3. The Balaban J connectivity index is 1.46. The summed E-state index contributed by atoms with van der Waals surface area (Å²) in [4.78, 5) is 4.61. The lowest BCUT2D eigenvalue weighted by molar-refractivity contribution is 0.341. The van der Waals surface area contributed by atoms with Crippen LogP contribution in [0, 0.1) is 6.92 Å². The number of thioether (sulfide) groups is 1. The monoisotopic (exact) mass is 373 g/mol. The number of benzene rings is 1. The van der Waals surface area contributed by atoms with Gasteiger partial charge in [-0.3, -0.25) is 0 Å². The van der Waals surface area contributed by atoms with Gasteiger partial charge in [0.2, 0.25) is 5.89 Å². The second-order valence-electron chi connectivity index (χ2n) is 5.24. The summed E-state index contributed by atoms with van der Waals surface area (Å²) in [5, 5.41) is 8.10. The lowest BCUT2D eigenvalue weighted by Crippen LogP contribution is -1.89. The maximum absolute atomic E-state index is 5.65. The SMILES string of the molecule is CCOc1ccc2nc(SCc3nnc(-c4ccc(C)o4)o3)sc2c1. The van der Waals surface area contributed by atoms with E-state index in [0.717, 1.165) is 26.1 Å². The van der Waals surface area contributed by atoms with Crippen molar-refractivity contribution in [3.8, 4) is 17.4 Å². The zero-order valence-corrected chi connectivity index (χ0v) is 15.3. The van der Waals surface area contributed by atoms with Gasteiger partial charge >= 0.3 is 0 Å². The van der Waals surface area contributed by atoms with Gasteiger partial charge in [-0.2, -0.15) is 0 Å². The Kier molecular flexibility index (Phi) is 4.46. The van der Waals surface area contributed by atoms with Crippen molar-refractivity contribution in [1.82, 2.24) is 15.2 Å². The molecule has 0 amide bonds. The summed E-state index contributed by atoms with van der Waals surface area (Å²) >= 11 is 3.20. The van der Waals surface area contributed by atoms with E-state index in [4.69, 9.17) is 13.6 Å². The van der Waals surface area contributed by atoms with Gasteiger partial charge in [-0.15, -0.1) is 21.5 Å². The van der Waals surface area contributed by atoms with Crippen molar-refractivity contribution in [3.05, 3.63) is 42.0 Å². The van der Waals surface area contributed by atoms with E-state index in [1.807, 2.05) is 44.2 Å². The van der Waals surface area contributed by atoms with Gasteiger partial charge in [-0.05, 0) is 44.2 Å². The van der Waals surface area contributed by atoms with E-state index in [2.05, 4.69) is 15.2 Å². The van der Waals surface area contributed by atoms with Gasteiger partial charge in [-0.25, -0.2) is 4.98 Å². The molecule has 0 N–H and O–H groups in total. The fourth-order valence-corrected chi connectivity index (χ4v) is 4.22. The highest BCUT2D eigenvalue weighted by Gasteiger charge is 2.13. The van der Waals surface area contributed by atoms with Crippen LogP contribution in [-0.4, -0.2) is 21.8 Å². The third-order valence-electron chi connectivity index (χ3n) is 3.39. The van der Waals surface area contributed by atoms with Crippen molar-refractivity contribution >= 4 is 33.3 Å². The van der Waals surface area contributed by atoms with E-state index in [1.165, 1.54) is 0 Å². The average Bonchev–Trinajstić information content (AvgIpc) is 3.31. The number of thiazole rings is 1.